The summed E-state index contributed by atoms with van der Waals surface area (Å²) in [7, 11) is -1.60. The predicted molar refractivity (Wildman–Crippen MR) is 144 cm³/mol. The van der Waals surface area contributed by atoms with Gasteiger partial charge in [-0.25, -0.2) is 44.9 Å². The maximum absolute atomic E-state index is 10.7. The Kier molecular flexibility index (Phi) is 25.5. The topological polar surface area (TPSA) is 376 Å². The number of hydrogen-bond acceptors (Lipinski definition) is 24. The Hall–Kier alpha value is -5.66. The molecule has 0 radical (unpaired) electrons. The Labute approximate surface area is 301 Å². The number of alkyl halides is 6. The Morgan fingerprint density at radius 2 is 0.509 bits per heavy atom. The molecule has 0 amide bonds. The first-order valence-electron chi connectivity index (χ1n) is 11.9. The van der Waals surface area contributed by atoms with Crippen LogP contribution in [0, 0.1) is 0 Å². The van der Waals surface area contributed by atoms with E-state index in [1.165, 1.54) is 66.1 Å². The molecule has 0 N–H and O–H groups in total. The van der Waals surface area contributed by atoms with E-state index in [9.17, 15) is 26.3 Å². The maximum Gasteiger partial charge on any atom is 2.00 e. The maximum atomic E-state index is 10.7. The van der Waals surface area contributed by atoms with Crippen molar-refractivity contribution in [2.75, 3.05) is 0 Å². The van der Waals surface area contributed by atoms with Crippen LogP contribution in [0.15, 0.2) is 38.0 Å². The molecule has 0 spiro atoms. The fraction of sp³-hybridized carbons (Fsp3) is 0.571. The largest absolute Gasteiger partial charge is 2.00 e. The summed E-state index contributed by atoms with van der Waals surface area (Å²) in [4.78, 5) is 0. The van der Waals surface area contributed by atoms with Crippen molar-refractivity contribution in [2.45, 2.75) is 11.0 Å². The van der Waals surface area contributed by atoms with Gasteiger partial charge in [-0.2, -0.15) is 26.3 Å². The molecule has 0 atom stereocenters. The number of rotatable bonds is 0. The van der Waals surface area contributed by atoms with Gasteiger partial charge in [-0.1, -0.05) is 0 Å². The summed E-state index contributed by atoms with van der Waals surface area (Å²) in [5.74, 6) is 0. The van der Waals surface area contributed by atoms with Crippen LogP contribution >= 0.6 is 0 Å². The average molecular weight is 858 g/mol. The second-order valence-electron chi connectivity index (χ2n) is 7.70. The van der Waals surface area contributed by atoms with E-state index in [-0.39, 0.29) is 17.1 Å². The molecule has 6 rings (SSSR count). The molecule has 0 unspecified atom stereocenters. The zero-order valence-electron chi connectivity index (χ0n) is 27.1. The van der Waals surface area contributed by atoms with Gasteiger partial charge < -0.3 is 9.11 Å². The molecule has 0 fully saturated rings. The molecular formula is C14H24F6FeN24O6S2. The third-order valence-electron chi connectivity index (χ3n) is 3.28. The number of aromatic nitrogens is 24. The van der Waals surface area contributed by atoms with Crippen LogP contribution in [-0.2, 0) is 79.6 Å². The van der Waals surface area contributed by atoms with Gasteiger partial charge in [-0.15, -0.1) is 30.6 Å². The van der Waals surface area contributed by atoms with E-state index < -0.39 is 31.3 Å². The molecule has 6 aromatic rings. The van der Waals surface area contributed by atoms with Gasteiger partial charge in [0, 0.05) is 42.3 Å². The summed E-state index contributed by atoms with van der Waals surface area (Å²) >= 11 is 0. The third-order valence-corrected chi connectivity index (χ3v) is 4.41. The van der Waals surface area contributed by atoms with Crippen LogP contribution in [0.2, 0.25) is 0 Å². The molecule has 0 saturated heterocycles. The van der Waals surface area contributed by atoms with Crippen molar-refractivity contribution in [3.63, 3.8) is 0 Å². The van der Waals surface area contributed by atoms with Gasteiger partial charge in [-0.3, -0.25) is 0 Å². The van der Waals surface area contributed by atoms with Gasteiger partial charge in [0.1, 0.15) is 38.0 Å². The molecule has 0 aliphatic heterocycles. The molecule has 6 aromatic heterocycles. The van der Waals surface area contributed by atoms with Crippen LogP contribution < -0.4 is 0 Å². The number of hydrogen-bond donors (Lipinski definition) is 0. The zero-order valence-corrected chi connectivity index (χ0v) is 29.8. The Morgan fingerprint density at radius 1 is 0.396 bits per heavy atom. The second kappa shape index (κ2) is 26.2. The van der Waals surface area contributed by atoms with Gasteiger partial charge >= 0.3 is 28.1 Å². The van der Waals surface area contributed by atoms with Crippen LogP contribution in [0.1, 0.15) is 0 Å². The smallest absolute Gasteiger partial charge is 0.741 e. The van der Waals surface area contributed by atoms with Crippen LogP contribution in [0.4, 0.5) is 26.3 Å². The molecule has 0 aliphatic rings. The van der Waals surface area contributed by atoms with Crippen molar-refractivity contribution in [1.29, 1.82) is 0 Å². The molecule has 0 saturated carbocycles. The molecule has 6 heterocycles. The number of halogens is 6. The average Bonchev–Trinajstić information content (AvgIpc) is 3.84. The molecule has 298 valence electrons. The van der Waals surface area contributed by atoms with E-state index in [0.717, 1.165) is 0 Å². The molecule has 30 nitrogen and oxygen atoms in total. The van der Waals surface area contributed by atoms with Crippen LogP contribution in [-0.4, -0.2) is 158 Å². The monoisotopic (exact) mass is 858 g/mol. The van der Waals surface area contributed by atoms with Crippen molar-refractivity contribution < 1.29 is 69.4 Å². The van der Waals surface area contributed by atoms with Crippen molar-refractivity contribution in [1.82, 2.24) is 121 Å². The first-order chi connectivity index (χ1) is 23.9. The first-order valence-corrected chi connectivity index (χ1v) is 14.7. The van der Waals surface area contributed by atoms with Crippen LogP contribution in [0.3, 0.4) is 0 Å². The minimum atomic E-state index is -6.09. The van der Waals surface area contributed by atoms with Crippen molar-refractivity contribution in [3.05, 3.63) is 38.0 Å². The Morgan fingerprint density at radius 3 is 0.528 bits per heavy atom. The third kappa shape index (κ3) is 30.9. The molecule has 53 heavy (non-hydrogen) atoms. The second-order valence-corrected chi connectivity index (χ2v) is 10.4. The Bertz CT molecular complexity index is 1560. The van der Waals surface area contributed by atoms with E-state index in [4.69, 9.17) is 25.9 Å². The minimum absolute atomic E-state index is 0. The first kappa shape index (κ1) is 51.7. The van der Waals surface area contributed by atoms with E-state index in [1.54, 1.807) is 42.3 Å². The standard InChI is InChI=1S/6C2H4N4.2CHF3O3S.Fe/c6*1-6-2-3-4-5-6;2*2-1(3,4)8(5,6)7;/h6*2H,1H3;2*(H,5,6,7);/q;;;;;;;;+2/p-2. The van der Waals surface area contributed by atoms with Crippen molar-refractivity contribution in [2.24, 2.45) is 42.3 Å². The molecular weight excluding hydrogens is 834 g/mol. The fourth-order valence-corrected chi connectivity index (χ4v) is 1.24. The number of nitrogens with zero attached hydrogens (tertiary/aromatic N) is 24. The van der Waals surface area contributed by atoms with Crippen molar-refractivity contribution >= 4 is 20.2 Å². The number of tetrazole rings is 6. The van der Waals surface area contributed by atoms with Crippen molar-refractivity contribution in [3.8, 4) is 0 Å². The molecule has 0 aromatic carbocycles. The van der Waals surface area contributed by atoms with Gasteiger partial charge in [0.25, 0.3) is 0 Å². The predicted octanol–water partition coefficient (Wildman–Crippen LogP) is -4.64. The van der Waals surface area contributed by atoms with E-state index >= 15 is 0 Å². The Balaban J connectivity index is -0.000000539. The van der Waals surface area contributed by atoms with E-state index in [2.05, 4.69) is 93.2 Å². The minimum Gasteiger partial charge on any atom is -0.741 e. The normalized spacial score (nSPS) is 10.2. The summed E-state index contributed by atoms with van der Waals surface area (Å²) in [6.07, 6.45) is 9.17. The van der Waals surface area contributed by atoms with Crippen LogP contribution in [0.25, 0.3) is 0 Å². The molecule has 0 bridgehead atoms. The summed E-state index contributed by atoms with van der Waals surface area (Å²) in [6.45, 7) is 0. The quantitative estimate of drug-likeness (QED) is 0.0600. The van der Waals surface area contributed by atoms with E-state index in [0.29, 0.717) is 0 Å². The van der Waals surface area contributed by atoms with E-state index in [1.807, 2.05) is 0 Å². The summed E-state index contributed by atoms with van der Waals surface area (Å²) in [5.41, 5.74) is -11.3. The van der Waals surface area contributed by atoms with Gasteiger partial charge in [0.15, 0.2) is 20.2 Å². The summed E-state index contributed by atoms with van der Waals surface area (Å²) in [6, 6.07) is 0. The van der Waals surface area contributed by atoms with Crippen LogP contribution in [0.5, 0.6) is 0 Å². The zero-order chi connectivity index (χ0) is 40.4. The molecule has 0 aliphatic carbocycles. The van der Waals surface area contributed by atoms with Gasteiger partial charge in [-0.05, 0) is 62.6 Å². The summed E-state index contributed by atoms with van der Waals surface area (Å²) < 4.78 is 127. The summed E-state index contributed by atoms with van der Waals surface area (Å²) in [5, 5.41) is 61.1. The van der Waals surface area contributed by atoms with Gasteiger partial charge in [0.2, 0.25) is 0 Å². The van der Waals surface area contributed by atoms with Gasteiger partial charge in [0.05, 0.1) is 0 Å². The fourth-order valence-electron chi connectivity index (χ4n) is 1.24. The molecule has 39 heteroatoms. The SMILES string of the molecule is Cn1cnnn1.Cn1cnnn1.Cn1cnnn1.Cn1cnnn1.Cn1cnnn1.Cn1cnnn1.O=S(=O)([O-])C(F)(F)F.O=S(=O)([O-])C(F)(F)F.[Fe+2]. The number of aryl methyl sites for hydroxylation is 6.